The predicted octanol–water partition coefficient (Wildman–Crippen LogP) is 2.35. The molecule has 20 heavy (non-hydrogen) atoms. The highest BCUT2D eigenvalue weighted by atomic mass is 16.5. The van der Waals surface area contributed by atoms with Crippen LogP contribution in [-0.2, 0) is 6.54 Å². The van der Waals surface area contributed by atoms with E-state index >= 15 is 0 Å². The second-order valence-electron chi connectivity index (χ2n) is 5.53. The summed E-state index contributed by atoms with van der Waals surface area (Å²) in [7, 11) is 0. The number of phenolic OH excluding ortho intramolecular Hbond substituents is 1. The highest BCUT2D eigenvalue weighted by Crippen LogP contribution is 2.28. The molecule has 2 rings (SSSR count). The molecule has 3 N–H and O–H groups in total. The molecular formula is C16H26N2O2. The van der Waals surface area contributed by atoms with Crippen molar-refractivity contribution in [1.82, 2.24) is 4.90 Å². The van der Waals surface area contributed by atoms with Crippen LogP contribution in [0, 0.1) is 5.92 Å². The van der Waals surface area contributed by atoms with Gasteiger partial charge in [0.15, 0.2) is 11.5 Å². The van der Waals surface area contributed by atoms with Crippen LogP contribution in [0.4, 0.5) is 0 Å². The minimum atomic E-state index is 0.220. The first-order valence-electron chi connectivity index (χ1n) is 7.60. The van der Waals surface area contributed by atoms with Gasteiger partial charge in [0.05, 0.1) is 6.61 Å². The maximum atomic E-state index is 9.72. The van der Waals surface area contributed by atoms with E-state index in [2.05, 4.69) is 4.90 Å². The van der Waals surface area contributed by atoms with Crippen LogP contribution in [0.25, 0.3) is 0 Å². The number of phenols is 1. The Morgan fingerprint density at radius 3 is 2.75 bits per heavy atom. The Kier molecular flexibility index (Phi) is 5.68. The molecule has 1 heterocycles. The molecule has 112 valence electrons. The molecule has 0 radical (unpaired) electrons. The van der Waals surface area contributed by atoms with Crippen molar-refractivity contribution >= 4 is 0 Å². The second kappa shape index (κ2) is 7.50. The first kappa shape index (κ1) is 15.1. The number of piperidine rings is 1. The average molecular weight is 278 g/mol. The summed E-state index contributed by atoms with van der Waals surface area (Å²) >= 11 is 0. The molecule has 0 aliphatic carbocycles. The van der Waals surface area contributed by atoms with E-state index in [9.17, 15) is 5.11 Å². The van der Waals surface area contributed by atoms with Gasteiger partial charge in [-0.2, -0.15) is 0 Å². The van der Waals surface area contributed by atoms with E-state index in [1.807, 2.05) is 19.1 Å². The molecule has 0 unspecified atom stereocenters. The lowest BCUT2D eigenvalue weighted by Gasteiger charge is -2.31. The summed E-state index contributed by atoms with van der Waals surface area (Å²) in [6.45, 7) is 6.50. The SMILES string of the molecule is CCOc1cc(CN2CCC(CCN)CC2)ccc1O. The summed E-state index contributed by atoms with van der Waals surface area (Å²) in [5, 5.41) is 9.72. The summed E-state index contributed by atoms with van der Waals surface area (Å²) in [6, 6.07) is 5.65. The first-order valence-corrected chi connectivity index (χ1v) is 7.60. The molecule has 1 saturated heterocycles. The Labute approximate surface area is 121 Å². The Bertz CT molecular complexity index is 415. The lowest BCUT2D eigenvalue weighted by molar-refractivity contribution is 0.173. The zero-order valence-corrected chi connectivity index (χ0v) is 12.3. The van der Waals surface area contributed by atoms with Gasteiger partial charge in [-0.1, -0.05) is 6.07 Å². The molecule has 1 fully saturated rings. The maximum Gasteiger partial charge on any atom is 0.161 e. The Hall–Kier alpha value is -1.26. The monoisotopic (exact) mass is 278 g/mol. The fraction of sp³-hybridized carbons (Fsp3) is 0.625. The van der Waals surface area contributed by atoms with Gasteiger partial charge >= 0.3 is 0 Å². The van der Waals surface area contributed by atoms with Crippen molar-refractivity contribution < 1.29 is 9.84 Å². The number of likely N-dealkylation sites (tertiary alicyclic amines) is 1. The summed E-state index contributed by atoms with van der Waals surface area (Å²) in [4.78, 5) is 2.47. The molecular weight excluding hydrogens is 252 g/mol. The molecule has 0 atom stereocenters. The number of aromatic hydroxyl groups is 1. The first-order chi connectivity index (χ1) is 9.72. The highest BCUT2D eigenvalue weighted by Gasteiger charge is 2.18. The molecule has 0 spiro atoms. The van der Waals surface area contributed by atoms with Gasteiger partial charge in [-0.15, -0.1) is 0 Å². The molecule has 1 aliphatic rings. The van der Waals surface area contributed by atoms with Crippen LogP contribution in [0.2, 0.25) is 0 Å². The smallest absolute Gasteiger partial charge is 0.161 e. The molecule has 1 aromatic carbocycles. The van der Waals surface area contributed by atoms with Gasteiger partial charge in [0.1, 0.15) is 0 Å². The molecule has 1 aliphatic heterocycles. The van der Waals surface area contributed by atoms with Gasteiger partial charge in [0, 0.05) is 6.54 Å². The molecule has 0 saturated carbocycles. The number of rotatable bonds is 6. The van der Waals surface area contributed by atoms with Crippen LogP contribution in [-0.4, -0.2) is 36.2 Å². The number of ether oxygens (including phenoxy) is 1. The minimum absolute atomic E-state index is 0.220. The van der Waals surface area contributed by atoms with Crippen LogP contribution in [0.5, 0.6) is 11.5 Å². The van der Waals surface area contributed by atoms with Crippen molar-refractivity contribution in [2.75, 3.05) is 26.2 Å². The summed E-state index contributed by atoms with van der Waals surface area (Å²) in [6.07, 6.45) is 3.64. The van der Waals surface area contributed by atoms with Gasteiger partial charge in [-0.25, -0.2) is 0 Å². The maximum absolute atomic E-state index is 9.72. The van der Waals surface area contributed by atoms with Crippen LogP contribution in [0.1, 0.15) is 31.7 Å². The summed E-state index contributed by atoms with van der Waals surface area (Å²) < 4.78 is 5.43. The lowest BCUT2D eigenvalue weighted by Crippen LogP contribution is -2.33. The molecule has 4 heteroatoms. The zero-order valence-electron chi connectivity index (χ0n) is 12.3. The van der Waals surface area contributed by atoms with Crippen molar-refractivity contribution in [2.24, 2.45) is 11.7 Å². The third-order valence-electron chi connectivity index (χ3n) is 4.01. The van der Waals surface area contributed by atoms with Gasteiger partial charge in [0.25, 0.3) is 0 Å². The van der Waals surface area contributed by atoms with Gasteiger partial charge in [-0.3, -0.25) is 4.90 Å². The summed E-state index contributed by atoms with van der Waals surface area (Å²) in [5.41, 5.74) is 6.82. The van der Waals surface area contributed by atoms with Crippen molar-refractivity contribution in [3.05, 3.63) is 23.8 Å². The lowest BCUT2D eigenvalue weighted by atomic mass is 9.93. The Balaban J connectivity index is 1.89. The number of hydrogen-bond acceptors (Lipinski definition) is 4. The normalized spacial score (nSPS) is 17.3. The van der Waals surface area contributed by atoms with Gasteiger partial charge in [-0.05, 0) is 69.4 Å². The van der Waals surface area contributed by atoms with E-state index in [0.29, 0.717) is 12.4 Å². The van der Waals surface area contributed by atoms with Gasteiger partial charge < -0.3 is 15.6 Å². The fourth-order valence-corrected chi connectivity index (χ4v) is 2.86. The average Bonchev–Trinajstić information content (AvgIpc) is 2.45. The predicted molar refractivity (Wildman–Crippen MR) is 80.9 cm³/mol. The van der Waals surface area contributed by atoms with Crippen LogP contribution in [0.15, 0.2) is 18.2 Å². The van der Waals surface area contributed by atoms with E-state index < -0.39 is 0 Å². The second-order valence-corrected chi connectivity index (χ2v) is 5.53. The standard InChI is InChI=1S/C16H26N2O2/c1-2-20-16-11-14(3-4-15(16)19)12-18-9-6-13(5-8-17)7-10-18/h3-4,11,13,19H,2,5-10,12,17H2,1H3. The number of nitrogens with zero attached hydrogens (tertiary/aromatic N) is 1. The van der Waals surface area contributed by atoms with Crippen molar-refractivity contribution in [1.29, 1.82) is 0 Å². The quantitative estimate of drug-likeness (QED) is 0.838. The molecule has 1 aromatic rings. The third kappa shape index (κ3) is 4.12. The highest BCUT2D eigenvalue weighted by molar-refractivity contribution is 5.41. The van der Waals surface area contributed by atoms with E-state index in [1.54, 1.807) is 6.07 Å². The topological polar surface area (TPSA) is 58.7 Å². The van der Waals surface area contributed by atoms with Crippen LogP contribution >= 0.6 is 0 Å². The van der Waals surface area contributed by atoms with Crippen molar-refractivity contribution in [3.63, 3.8) is 0 Å². The molecule has 4 nitrogen and oxygen atoms in total. The van der Waals surface area contributed by atoms with E-state index in [4.69, 9.17) is 10.5 Å². The van der Waals surface area contributed by atoms with Gasteiger partial charge in [0.2, 0.25) is 0 Å². The number of hydrogen-bond donors (Lipinski definition) is 2. The Morgan fingerprint density at radius 2 is 2.10 bits per heavy atom. The summed E-state index contributed by atoms with van der Waals surface area (Å²) in [5.74, 6) is 1.61. The molecule has 0 amide bonds. The zero-order chi connectivity index (χ0) is 14.4. The minimum Gasteiger partial charge on any atom is -0.504 e. The van der Waals surface area contributed by atoms with Crippen LogP contribution < -0.4 is 10.5 Å². The van der Waals surface area contributed by atoms with E-state index in [-0.39, 0.29) is 5.75 Å². The van der Waals surface area contributed by atoms with E-state index in [0.717, 1.165) is 38.5 Å². The Morgan fingerprint density at radius 1 is 1.35 bits per heavy atom. The van der Waals surface area contributed by atoms with Crippen molar-refractivity contribution in [2.45, 2.75) is 32.7 Å². The van der Waals surface area contributed by atoms with Crippen molar-refractivity contribution in [3.8, 4) is 11.5 Å². The van der Waals surface area contributed by atoms with E-state index in [1.165, 1.54) is 18.4 Å². The molecule has 0 bridgehead atoms. The van der Waals surface area contributed by atoms with Crippen LogP contribution in [0.3, 0.4) is 0 Å². The number of benzene rings is 1. The largest absolute Gasteiger partial charge is 0.504 e. The third-order valence-corrected chi connectivity index (χ3v) is 4.01. The number of nitrogens with two attached hydrogens (primary N) is 1. The fourth-order valence-electron chi connectivity index (χ4n) is 2.86. The molecule has 0 aromatic heterocycles.